The summed E-state index contributed by atoms with van der Waals surface area (Å²) in [4.78, 5) is 24.8. The average Bonchev–Trinajstić information content (AvgIpc) is 3.57. The first kappa shape index (κ1) is 23.7. The number of hydrogen-bond donors (Lipinski definition) is 0. The summed E-state index contributed by atoms with van der Waals surface area (Å²) in [5.41, 5.74) is 3.73. The van der Waals surface area contributed by atoms with Crippen molar-refractivity contribution in [1.82, 2.24) is 20.1 Å². The van der Waals surface area contributed by atoms with Crippen molar-refractivity contribution < 1.29 is 14.4 Å². The minimum Gasteiger partial charge on any atom is -0.494 e. The molecule has 182 valence electrons. The van der Waals surface area contributed by atoms with Gasteiger partial charge in [0.2, 0.25) is 0 Å². The van der Waals surface area contributed by atoms with E-state index in [1.807, 2.05) is 48.7 Å². The van der Waals surface area contributed by atoms with E-state index in [2.05, 4.69) is 34.4 Å². The van der Waals surface area contributed by atoms with Gasteiger partial charge >= 0.3 is 5.97 Å². The summed E-state index contributed by atoms with van der Waals surface area (Å²) in [5, 5.41) is 8.77. The van der Waals surface area contributed by atoms with Gasteiger partial charge in [0.25, 0.3) is 0 Å². The van der Waals surface area contributed by atoms with Gasteiger partial charge in [0.1, 0.15) is 21.8 Å². The molecule has 0 spiro atoms. The molecule has 0 aliphatic rings. The van der Waals surface area contributed by atoms with Gasteiger partial charge in [-0.1, -0.05) is 55.3 Å². The molecule has 0 radical (unpaired) electrons. The molecular weight excluding hydrogens is 472 g/mol. The zero-order chi connectivity index (χ0) is 24.7. The molecule has 36 heavy (non-hydrogen) atoms. The lowest BCUT2D eigenvalue weighted by Crippen LogP contribution is -2.20. The Bertz CT molecular complexity index is 1440. The molecule has 0 bridgehead atoms. The van der Waals surface area contributed by atoms with Crippen LogP contribution in [0.2, 0.25) is 0 Å². The van der Waals surface area contributed by atoms with Gasteiger partial charge < -0.3 is 9.57 Å². The van der Waals surface area contributed by atoms with Crippen LogP contribution in [-0.2, 0) is 0 Å². The number of carbonyl (C=O) groups excluding carboxylic acids is 1. The first-order valence-electron chi connectivity index (χ1n) is 12.0. The third-order valence-electron chi connectivity index (χ3n) is 5.77. The van der Waals surface area contributed by atoms with Gasteiger partial charge in [-0.2, -0.15) is 0 Å². The molecular formula is C28H26N4O3S. The smallest absolute Gasteiger partial charge is 0.365 e. The van der Waals surface area contributed by atoms with Gasteiger partial charge in [-0.05, 0) is 65.7 Å². The molecule has 2 heterocycles. The molecule has 0 amide bonds. The number of carbonyl (C=O) groups is 1. The second-order valence-electron chi connectivity index (χ2n) is 8.37. The molecule has 5 aromatic rings. The number of nitrogens with zero attached hydrogens (tertiary/aromatic N) is 4. The molecule has 0 aliphatic heterocycles. The standard InChI is InChI=1S/C28H26N4O3S/c1-2-3-4-7-18-34-23-16-14-20(15-17-23)26-19-29-27(36-26)21-10-12-22(13-11-21)28(33)35-32-25-9-6-5-8-24(25)30-31-32/h5-6,8-17,19H,2-4,7,18H2,1H3. The van der Waals surface area contributed by atoms with Gasteiger partial charge in [0, 0.05) is 11.8 Å². The van der Waals surface area contributed by atoms with Crippen LogP contribution in [0.3, 0.4) is 0 Å². The van der Waals surface area contributed by atoms with E-state index in [1.165, 1.54) is 19.3 Å². The molecule has 0 saturated heterocycles. The maximum Gasteiger partial charge on any atom is 0.365 e. The van der Waals surface area contributed by atoms with E-state index in [0.29, 0.717) is 16.6 Å². The Kier molecular flexibility index (Phi) is 7.33. The molecule has 0 saturated carbocycles. The van der Waals surface area contributed by atoms with Crippen molar-refractivity contribution in [2.24, 2.45) is 0 Å². The number of aromatic nitrogens is 4. The van der Waals surface area contributed by atoms with Crippen LogP contribution in [0.5, 0.6) is 5.75 Å². The van der Waals surface area contributed by atoms with E-state index < -0.39 is 5.97 Å². The van der Waals surface area contributed by atoms with Crippen LogP contribution in [0.1, 0.15) is 43.0 Å². The minimum absolute atomic E-state index is 0.417. The maximum atomic E-state index is 12.6. The predicted molar refractivity (Wildman–Crippen MR) is 141 cm³/mol. The SMILES string of the molecule is CCCCCCOc1ccc(-c2cnc(-c3ccc(C(=O)On4nnc5ccccc54)cc3)s2)cc1. The molecule has 3 aromatic carbocycles. The molecule has 0 fully saturated rings. The average molecular weight is 499 g/mol. The Morgan fingerprint density at radius 1 is 0.917 bits per heavy atom. The second-order valence-corrected chi connectivity index (χ2v) is 9.40. The van der Waals surface area contributed by atoms with Gasteiger partial charge in [0.15, 0.2) is 0 Å². The van der Waals surface area contributed by atoms with Crippen LogP contribution >= 0.6 is 11.3 Å². The zero-order valence-corrected chi connectivity index (χ0v) is 20.8. The molecule has 0 aliphatic carbocycles. The van der Waals surface area contributed by atoms with Crippen molar-refractivity contribution in [3.8, 4) is 26.8 Å². The van der Waals surface area contributed by atoms with E-state index in [1.54, 1.807) is 29.5 Å². The highest BCUT2D eigenvalue weighted by Crippen LogP contribution is 2.33. The number of para-hydroxylation sites is 1. The predicted octanol–water partition coefficient (Wildman–Crippen LogP) is 6.45. The Labute approximate surface area is 213 Å². The van der Waals surface area contributed by atoms with Crippen molar-refractivity contribution in [2.75, 3.05) is 6.61 Å². The van der Waals surface area contributed by atoms with E-state index in [-0.39, 0.29) is 0 Å². The van der Waals surface area contributed by atoms with Crippen LogP contribution in [0.25, 0.3) is 32.0 Å². The van der Waals surface area contributed by atoms with E-state index in [0.717, 1.165) is 44.6 Å². The molecule has 0 N–H and O–H groups in total. The summed E-state index contributed by atoms with van der Waals surface area (Å²) in [5.74, 6) is 0.381. The summed E-state index contributed by atoms with van der Waals surface area (Å²) in [6, 6.07) is 22.6. The van der Waals surface area contributed by atoms with Gasteiger partial charge in [-0.15, -0.1) is 16.4 Å². The minimum atomic E-state index is -0.510. The first-order chi connectivity index (χ1) is 17.7. The molecule has 2 aromatic heterocycles. The Balaban J connectivity index is 1.21. The van der Waals surface area contributed by atoms with Crippen molar-refractivity contribution in [1.29, 1.82) is 0 Å². The lowest BCUT2D eigenvalue weighted by atomic mass is 10.1. The molecule has 0 atom stereocenters. The number of unbranched alkanes of at least 4 members (excludes halogenated alkanes) is 3. The van der Waals surface area contributed by atoms with Gasteiger partial charge in [-0.3, -0.25) is 0 Å². The quantitative estimate of drug-likeness (QED) is 0.163. The maximum absolute atomic E-state index is 12.6. The molecule has 5 rings (SSSR count). The lowest BCUT2D eigenvalue weighted by Gasteiger charge is -2.06. The number of thiazole rings is 1. The number of ether oxygens (including phenoxy) is 1. The first-order valence-corrected chi connectivity index (χ1v) is 12.9. The summed E-state index contributed by atoms with van der Waals surface area (Å²) in [6.45, 7) is 2.96. The van der Waals surface area contributed by atoms with Crippen molar-refractivity contribution in [3.63, 3.8) is 0 Å². The van der Waals surface area contributed by atoms with E-state index in [9.17, 15) is 4.79 Å². The lowest BCUT2D eigenvalue weighted by molar-refractivity contribution is 0.0409. The van der Waals surface area contributed by atoms with Crippen LogP contribution in [0.4, 0.5) is 0 Å². The van der Waals surface area contributed by atoms with Crippen molar-refractivity contribution in [2.45, 2.75) is 32.6 Å². The van der Waals surface area contributed by atoms with Crippen LogP contribution in [0, 0.1) is 0 Å². The molecule has 8 heteroatoms. The van der Waals surface area contributed by atoms with Gasteiger partial charge in [0.05, 0.1) is 17.0 Å². The fraction of sp³-hybridized carbons (Fsp3) is 0.214. The summed E-state index contributed by atoms with van der Waals surface area (Å²) < 4.78 is 5.84. The monoisotopic (exact) mass is 498 g/mol. The summed E-state index contributed by atoms with van der Waals surface area (Å²) in [6.07, 6.45) is 6.65. The largest absolute Gasteiger partial charge is 0.494 e. The Morgan fingerprint density at radius 3 is 2.50 bits per heavy atom. The van der Waals surface area contributed by atoms with E-state index in [4.69, 9.17) is 9.57 Å². The van der Waals surface area contributed by atoms with Crippen LogP contribution in [0.15, 0.2) is 79.0 Å². The normalized spacial score (nSPS) is 11.0. The fourth-order valence-electron chi connectivity index (χ4n) is 3.77. The highest BCUT2D eigenvalue weighted by molar-refractivity contribution is 7.18. The Morgan fingerprint density at radius 2 is 1.69 bits per heavy atom. The van der Waals surface area contributed by atoms with Crippen LogP contribution in [-0.4, -0.2) is 32.7 Å². The number of benzene rings is 3. The topological polar surface area (TPSA) is 79.1 Å². The zero-order valence-electron chi connectivity index (χ0n) is 20.0. The second kappa shape index (κ2) is 11.1. The highest BCUT2D eigenvalue weighted by atomic mass is 32.1. The Hall–Kier alpha value is -4.04. The summed E-state index contributed by atoms with van der Waals surface area (Å²) >= 11 is 1.60. The fourth-order valence-corrected chi connectivity index (χ4v) is 4.70. The van der Waals surface area contributed by atoms with Crippen molar-refractivity contribution in [3.05, 3.63) is 84.6 Å². The third-order valence-corrected chi connectivity index (χ3v) is 6.87. The van der Waals surface area contributed by atoms with E-state index >= 15 is 0 Å². The number of rotatable bonds is 10. The number of fused-ring (bicyclic) bond motifs is 1. The highest BCUT2D eigenvalue weighted by Gasteiger charge is 2.14. The molecule has 7 nitrogen and oxygen atoms in total. The summed E-state index contributed by atoms with van der Waals surface area (Å²) in [7, 11) is 0. The van der Waals surface area contributed by atoms with Crippen molar-refractivity contribution >= 4 is 28.3 Å². The van der Waals surface area contributed by atoms with Crippen LogP contribution < -0.4 is 9.57 Å². The van der Waals surface area contributed by atoms with Gasteiger partial charge in [-0.25, -0.2) is 9.78 Å². The third kappa shape index (κ3) is 5.44. The molecule has 0 unspecified atom stereocenters. The number of hydrogen-bond acceptors (Lipinski definition) is 7.